The molecule has 0 unspecified atom stereocenters. The number of rotatable bonds is 2. The first kappa shape index (κ1) is 12.0. The average molecular weight is 269 g/mol. The summed E-state index contributed by atoms with van der Waals surface area (Å²) in [4.78, 5) is 8.05. The molecule has 1 aromatic heterocycles. The maximum atomic E-state index is 6.15. The van der Waals surface area contributed by atoms with Gasteiger partial charge in [-0.15, -0.1) is 0 Å². The summed E-state index contributed by atoms with van der Waals surface area (Å²) in [6.45, 7) is 0. The van der Waals surface area contributed by atoms with Crippen LogP contribution in [0.2, 0.25) is 10.0 Å². The molecule has 1 aromatic carbocycles. The summed E-state index contributed by atoms with van der Waals surface area (Å²) in [5, 5.41) is 3.91. The van der Waals surface area contributed by atoms with E-state index in [1.807, 2.05) is 12.1 Å². The number of benzene rings is 1. The lowest BCUT2D eigenvalue weighted by atomic mass is 10.1. The van der Waals surface area contributed by atoms with Gasteiger partial charge in [-0.2, -0.15) is 4.98 Å². The van der Waals surface area contributed by atoms with Gasteiger partial charge in [-0.1, -0.05) is 35.3 Å². The molecule has 6 heteroatoms. The highest BCUT2D eigenvalue weighted by molar-refractivity contribution is 6.43. The third-order valence-corrected chi connectivity index (χ3v) is 3.10. The number of anilines is 2. The Hall–Kier alpha value is -1.52. The third-order valence-electron chi connectivity index (χ3n) is 2.29. The van der Waals surface area contributed by atoms with E-state index >= 15 is 0 Å². The second-order valence-electron chi connectivity index (χ2n) is 3.34. The van der Waals surface area contributed by atoms with Gasteiger partial charge in [0.1, 0.15) is 5.82 Å². The van der Waals surface area contributed by atoms with E-state index in [4.69, 9.17) is 28.9 Å². The van der Waals surface area contributed by atoms with Crippen molar-refractivity contribution < 1.29 is 0 Å². The highest BCUT2D eigenvalue weighted by atomic mass is 35.5. The van der Waals surface area contributed by atoms with E-state index < -0.39 is 0 Å². The monoisotopic (exact) mass is 268 g/mol. The van der Waals surface area contributed by atoms with Crippen molar-refractivity contribution in [2.45, 2.75) is 0 Å². The Morgan fingerprint density at radius 1 is 1.24 bits per heavy atom. The van der Waals surface area contributed by atoms with E-state index in [1.54, 1.807) is 19.3 Å². The Labute approximate surface area is 109 Å². The van der Waals surface area contributed by atoms with Crippen LogP contribution in [0, 0.1) is 0 Å². The van der Waals surface area contributed by atoms with Crippen molar-refractivity contribution in [3.8, 4) is 11.1 Å². The molecule has 0 bridgehead atoms. The molecule has 4 nitrogen and oxygen atoms in total. The summed E-state index contributed by atoms with van der Waals surface area (Å²) < 4.78 is 0. The lowest BCUT2D eigenvalue weighted by molar-refractivity contribution is 1.18. The minimum absolute atomic E-state index is 0.205. The van der Waals surface area contributed by atoms with Gasteiger partial charge in [0.2, 0.25) is 5.95 Å². The van der Waals surface area contributed by atoms with Crippen molar-refractivity contribution in [3.05, 3.63) is 34.4 Å². The van der Waals surface area contributed by atoms with Gasteiger partial charge in [-0.05, 0) is 6.07 Å². The number of halogens is 2. The largest absolute Gasteiger partial charge is 0.372 e. The maximum absolute atomic E-state index is 6.15. The van der Waals surface area contributed by atoms with Crippen molar-refractivity contribution in [2.75, 3.05) is 18.1 Å². The van der Waals surface area contributed by atoms with E-state index in [0.29, 0.717) is 15.9 Å². The average Bonchev–Trinajstić information content (AvgIpc) is 2.33. The zero-order chi connectivity index (χ0) is 12.4. The summed E-state index contributed by atoms with van der Waals surface area (Å²) in [7, 11) is 1.75. The van der Waals surface area contributed by atoms with Crippen LogP contribution >= 0.6 is 23.2 Å². The molecule has 0 amide bonds. The predicted molar refractivity (Wildman–Crippen MR) is 71.4 cm³/mol. The second-order valence-corrected chi connectivity index (χ2v) is 4.13. The van der Waals surface area contributed by atoms with Gasteiger partial charge in [0.05, 0.1) is 10.0 Å². The third kappa shape index (κ3) is 2.28. The highest BCUT2D eigenvalue weighted by Crippen LogP contribution is 2.36. The fourth-order valence-corrected chi connectivity index (χ4v) is 1.90. The second kappa shape index (κ2) is 4.77. The highest BCUT2D eigenvalue weighted by Gasteiger charge is 2.12. The zero-order valence-corrected chi connectivity index (χ0v) is 10.5. The van der Waals surface area contributed by atoms with Crippen LogP contribution in [0.25, 0.3) is 11.1 Å². The molecule has 1 heterocycles. The molecule has 0 fully saturated rings. The minimum Gasteiger partial charge on any atom is -0.372 e. The first-order valence-corrected chi connectivity index (χ1v) is 5.63. The van der Waals surface area contributed by atoms with Crippen LogP contribution in [0.4, 0.5) is 11.8 Å². The molecule has 2 rings (SSSR count). The fourth-order valence-electron chi connectivity index (χ4n) is 1.49. The Morgan fingerprint density at radius 2 is 2.00 bits per heavy atom. The SMILES string of the molecule is CNc1nc(N)ncc1-c1cccc(Cl)c1Cl. The molecule has 0 radical (unpaired) electrons. The molecule has 0 saturated heterocycles. The Bertz CT molecular complexity index is 557. The smallest absolute Gasteiger partial charge is 0.221 e. The van der Waals surface area contributed by atoms with Crippen LogP contribution in [0.3, 0.4) is 0 Å². The first-order valence-electron chi connectivity index (χ1n) is 4.88. The number of hydrogen-bond donors (Lipinski definition) is 2. The summed E-state index contributed by atoms with van der Waals surface area (Å²) in [6, 6.07) is 5.40. The molecule has 0 aliphatic carbocycles. The van der Waals surface area contributed by atoms with Crippen LogP contribution in [-0.2, 0) is 0 Å². The standard InChI is InChI=1S/C11H10Cl2N4/c1-15-10-7(5-16-11(14)17-10)6-3-2-4-8(12)9(6)13/h2-5H,1H3,(H3,14,15,16,17). The Morgan fingerprint density at radius 3 is 2.71 bits per heavy atom. The van der Waals surface area contributed by atoms with Crippen molar-refractivity contribution >= 4 is 35.0 Å². The summed E-state index contributed by atoms with van der Waals surface area (Å²) in [5.41, 5.74) is 7.05. The van der Waals surface area contributed by atoms with Gasteiger partial charge < -0.3 is 11.1 Å². The van der Waals surface area contributed by atoms with Gasteiger partial charge in [0.25, 0.3) is 0 Å². The van der Waals surface area contributed by atoms with Crippen LogP contribution in [0.1, 0.15) is 0 Å². The van der Waals surface area contributed by atoms with Gasteiger partial charge in [-0.25, -0.2) is 4.98 Å². The van der Waals surface area contributed by atoms with Crippen molar-refractivity contribution in [3.63, 3.8) is 0 Å². The van der Waals surface area contributed by atoms with E-state index in [-0.39, 0.29) is 5.95 Å². The summed E-state index contributed by atoms with van der Waals surface area (Å²) >= 11 is 12.1. The molecule has 17 heavy (non-hydrogen) atoms. The number of aromatic nitrogens is 2. The molecular weight excluding hydrogens is 259 g/mol. The van der Waals surface area contributed by atoms with E-state index in [0.717, 1.165) is 11.1 Å². The minimum atomic E-state index is 0.205. The molecule has 2 aromatic rings. The Balaban J connectivity index is 2.64. The van der Waals surface area contributed by atoms with Crippen LogP contribution in [-0.4, -0.2) is 17.0 Å². The van der Waals surface area contributed by atoms with Crippen molar-refractivity contribution in [2.24, 2.45) is 0 Å². The van der Waals surface area contributed by atoms with Crippen LogP contribution in [0.5, 0.6) is 0 Å². The van der Waals surface area contributed by atoms with Gasteiger partial charge in [0.15, 0.2) is 0 Å². The van der Waals surface area contributed by atoms with E-state index in [9.17, 15) is 0 Å². The fraction of sp³-hybridized carbons (Fsp3) is 0.0909. The molecule has 0 aliphatic rings. The summed E-state index contributed by atoms with van der Waals surface area (Å²) in [6.07, 6.45) is 1.62. The van der Waals surface area contributed by atoms with E-state index in [1.165, 1.54) is 0 Å². The normalized spacial score (nSPS) is 10.3. The number of hydrogen-bond acceptors (Lipinski definition) is 4. The molecule has 0 atom stereocenters. The number of nitrogens with zero attached hydrogens (tertiary/aromatic N) is 2. The predicted octanol–water partition coefficient (Wildman–Crippen LogP) is 3.07. The molecule has 0 saturated carbocycles. The molecular formula is C11H10Cl2N4. The van der Waals surface area contributed by atoms with Crippen molar-refractivity contribution in [1.29, 1.82) is 0 Å². The quantitative estimate of drug-likeness (QED) is 0.879. The van der Waals surface area contributed by atoms with Crippen LogP contribution < -0.4 is 11.1 Å². The molecule has 88 valence electrons. The number of nitrogen functional groups attached to an aromatic ring is 1. The lowest BCUT2D eigenvalue weighted by Gasteiger charge is -2.10. The van der Waals surface area contributed by atoms with Gasteiger partial charge in [0, 0.05) is 24.4 Å². The first-order chi connectivity index (χ1) is 8.13. The Kier molecular flexibility index (Phi) is 3.36. The molecule has 0 spiro atoms. The summed E-state index contributed by atoms with van der Waals surface area (Å²) in [5.74, 6) is 0.818. The van der Waals surface area contributed by atoms with Crippen LogP contribution in [0.15, 0.2) is 24.4 Å². The van der Waals surface area contributed by atoms with Crippen molar-refractivity contribution in [1.82, 2.24) is 9.97 Å². The topological polar surface area (TPSA) is 63.8 Å². The lowest BCUT2D eigenvalue weighted by Crippen LogP contribution is -2.01. The molecule has 3 N–H and O–H groups in total. The number of nitrogens with one attached hydrogen (secondary N) is 1. The number of nitrogens with two attached hydrogens (primary N) is 1. The van der Waals surface area contributed by atoms with E-state index in [2.05, 4.69) is 15.3 Å². The maximum Gasteiger partial charge on any atom is 0.221 e. The van der Waals surface area contributed by atoms with Gasteiger partial charge in [-0.3, -0.25) is 0 Å². The zero-order valence-electron chi connectivity index (χ0n) is 9.04. The molecule has 0 aliphatic heterocycles. The van der Waals surface area contributed by atoms with Gasteiger partial charge >= 0.3 is 0 Å².